The van der Waals surface area contributed by atoms with E-state index in [0.29, 0.717) is 10.4 Å². The van der Waals surface area contributed by atoms with Gasteiger partial charge >= 0.3 is 6.18 Å². The molecule has 36 heavy (non-hydrogen) atoms. The highest BCUT2D eigenvalue weighted by atomic mass is 35.5. The summed E-state index contributed by atoms with van der Waals surface area (Å²) in [5.74, 6) is -2.93. The highest BCUT2D eigenvalue weighted by molar-refractivity contribution is 7.89. The van der Waals surface area contributed by atoms with E-state index in [1.54, 1.807) is 0 Å². The number of benzene rings is 2. The highest BCUT2D eigenvalue weighted by Gasteiger charge is 2.44. The molecule has 0 spiro atoms. The third-order valence-electron chi connectivity index (χ3n) is 5.35. The van der Waals surface area contributed by atoms with Gasteiger partial charge in [-0.05, 0) is 30.3 Å². The normalized spacial score (nSPS) is 18.7. The molecule has 2 aromatic carbocycles. The number of carbonyl (C=O) groups excluding carboxylic acids is 1. The number of nitrogens with zero attached hydrogens (tertiary/aromatic N) is 2. The van der Waals surface area contributed by atoms with Crippen LogP contribution in [0.2, 0.25) is 10.0 Å². The molecule has 1 aliphatic rings. The minimum absolute atomic E-state index is 0.0413. The van der Waals surface area contributed by atoms with Crippen LogP contribution in [-0.4, -0.2) is 44.1 Å². The maximum absolute atomic E-state index is 14.5. The maximum atomic E-state index is 14.5. The number of ether oxygens (including phenoxy) is 1. The number of Topliss-reactive ketones (excluding diaryl/α,β-unsaturated/α-hetero) is 1. The minimum atomic E-state index is -4.94. The van der Waals surface area contributed by atoms with Crippen molar-refractivity contribution >= 4 is 56.3 Å². The van der Waals surface area contributed by atoms with Crippen LogP contribution in [0.1, 0.15) is 22.8 Å². The van der Waals surface area contributed by atoms with E-state index in [1.165, 1.54) is 19.1 Å². The Labute approximate surface area is 219 Å². The molecule has 194 valence electrons. The summed E-state index contributed by atoms with van der Waals surface area (Å²) in [5, 5.41) is -0.911. The number of sulfonamides is 1. The topological polar surface area (TPSA) is 76.0 Å². The average Bonchev–Trinajstić information content (AvgIpc) is 2.78. The van der Waals surface area contributed by atoms with Gasteiger partial charge in [-0.1, -0.05) is 47.8 Å². The molecule has 0 radical (unpaired) electrons. The molecule has 0 aliphatic carbocycles. The molecule has 2 atom stereocenters. The number of methoxy groups -OCH3 is 1. The molecule has 0 fully saturated rings. The zero-order valence-corrected chi connectivity index (χ0v) is 21.6. The second-order valence-electron chi connectivity index (χ2n) is 7.64. The molecule has 1 aliphatic heterocycles. The van der Waals surface area contributed by atoms with E-state index >= 15 is 0 Å². The number of aliphatic imine (C=N–C) groups is 1. The lowest BCUT2D eigenvalue weighted by Gasteiger charge is -2.36. The zero-order chi connectivity index (χ0) is 27.0. The summed E-state index contributed by atoms with van der Waals surface area (Å²) in [5.41, 5.74) is -2.38. The lowest BCUT2D eigenvalue weighted by atomic mass is 9.90. The fourth-order valence-electron chi connectivity index (χ4n) is 3.58. The summed E-state index contributed by atoms with van der Waals surface area (Å²) >= 11 is 17.9. The van der Waals surface area contributed by atoms with Crippen molar-refractivity contribution in [2.75, 3.05) is 13.8 Å². The number of hydrogen-bond donors (Lipinski definition) is 0. The van der Waals surface area contributed by atoms with Crippen molar-refractivity contribution in [2.45, 2.75) is 24.0 Å². The first kappa shape index (κ1) is 28.5. The molecule has 2 aromatic rings. The Kier molecular flexibility index (Phi) is 8.54. The molecule has 6 nitrogen and oxygen atoms in total. The van der Waals surface area contributed by atoms with Crippen molar-refractivity contribution in [1.82, 2.24) is 4.31 Å². The van der Waals surface area contributed by atoms with Crippen molar-refractivity contribution in [1.29, 1.82) is 0 Å². The second-order valence-corrected chi connectivity index (χ2v) is 10.8. The van der Waals surface area contributed by atoms with Crippen LogP contribution in [0.5, 0.6) is 0 Å². The van der Waals surface area contributed by atoms with E-state index in [1.807, 2.05) is 0 Å². The largest absolute Gasteiger partial charge is 0.417 e. The van der Waals surface area contributed by atoms with Gasteiger partial charge < -0.3 is 4.74 Å². The monoisotopic (exact) mass is 586 g/mol. The zero-order valence-electron chi connectivity index (χ0n) is 18.5. The summed E-state index contributed by atoms with van der Waals surface area (Å²) in [4.78, 5) is 16.5. The molecule has 0 amide bonds. The quantitative estimate of drug-likeness (QED) is 0.221. The van der Waals surface area contributed by atoms with Gasteiger partial charge in [-0.3, -0.25) is 9.79 Å². The molecule has 2 unspecified atom stereocenters. The van der Waals surface area contributed by atoms with Gasteiger partial charge in [0.15, 0.2) is 0 Å². The number of alkyl halides is 3. The molecule has 3 rings (SSSR count). The number of ketones is 1. The van der Waals surface area contributed by atoms with Crippen LogP contribution in [0.25, 0.3) is 0 Å². The first-order chi connectivity index (χ1) is 16.7. The molecule has 1 heterocycles. The van der Waals surface area contributed by atoms with Gasteiger partial charge in [-0.25, -0.2) is 12.8 Å². The Morgan fingerprint density at radius 1 is 1.14 bits per heavy atom. The Morgan fingerprint density at radius 3 is 2.39 bits per heavy atom. The van der Waals surface area contributed by atoms with Crippen molar-refractivity contribution in [3.05, 3.63) is 74.6 Å². The van der Waals surface area contributed by atoms with Crippen LogP contribution in [0.4, 0.5) is 17.6 Å². The second kappa shape index (κ2) is 10.8. The van der Waals surface area contributed by atoms with Crippen molar-refractivity contribution in [2.24, 2.45) is 10.9 Å². The van der Waals surface area contributed by atoms with Crippen molar-refractivity contribution < 1.29 is 35.5 Å². The average molecular weight is 588 g/mol. The van der Waals surface area contributed by atoms with Gasteiger partial charge in [0.2, 0.25) is 15.8 Å². The van der Waals surface area contributed by atoms with Gasteiger partial charge in [0.05, 0.1) is 32.1 Å². The van der Waals surface area contributed by atoms with E-state index in [4.69, 9.17) is 39.5 Å². The first-order valence-electron chi connectivity index (χ1n) is 10.0. The van der Waals surface area contributed by atoms with Crippen LogP contribution < -0.4 is 0 Å². The van der Waals surface area contributed by atoms with E-state index in [0.717, 1.165) is 31.5 Å². The van der Waals surface area contributed by atoms with Gasteiger partial charge in [-0.2, -0.15) is 17.5 Å². The Hall–Kier alpha value is -2.02. The summed E-state index contributed by atoms with van der Waals surface area (Å²) in [6.45, 7) is 0.762. The van der Waals surface area contributed by atoms with E-state index in [2.05, 4.69) is 4.99 Å². The van der Waals surface area contributed by atoms with Crippen LogP contribution in [0.3, 0.4) is 0 Å². The summed E-state index contributed by atoms with van der Waals surface area (Å²) in [7, 11) is -3.64. The van der Waals surface area contributed by atoms with E-state index in [9.17, 15) is 30.8 Å². The van der Waals surface area contributed by atoms with Gasteiger partial charge in [-0.15, -0.1) is 0 Å². The summed E-state index contributed by atoms with van der Waals surface area (Å²) in [6.07, 6.45) is -3.84. The smallest absolute Gasteiger partial charge is 0.368 e. The fraction of sp³-hybridized carbons (Fsp3) is 0.273. The van der Waals surface area contributed by atoms with Crippen LogP contribution >= 0.6 is 34.8 Å². The van der Waals surface area contributed by atoms with E-state index in [-0.39, 0.29) is 10.1 Å². The third-order valence-corrected chi connectivity index (χ3v) is 8.24. The van der Waals surface area contributed by atoms with Crippen LogP contribution in [0, 0.1) is 11.7 Å². The van der Waals surface area contributed by atoms with Crippen molar-refractivity contribution in [3.63, 3.8) is 0 Å². The maximum Gasteiger partial charge on any atom is 0.417 e. The number of hydrogen-bond acceptors (Lipinski definition) is 5. The lowest BCUT2D eigenvalue weighted by Crippen LogP contribution is -2.52. The molecule has 0 N–H and O–H groups in total. The minimum Gasteiger partial charge on any atom is -0.368 e. The SMILES string of the molecule is COCN(C1C(C(=O)c2c(F)cccc2Cl)=NC=C(Cl)C1C)S(=O)(=O)c1ccc(Cl)c(C(F)(F)F)c1. The molecule has 0 saturated carbocycles. The number of carbonyl (C=O) groups is 1. The van der Waals surface area contributed by atoms with Gasteiger partial charge in [0.1, 0.15) is 18.3 Å². The fourth-order valence-corrected chi connectivity index (χ4v) is 5.82. The Bertz CT molecular complexity index is 1340. The Morgan fingerprint density at radius 2 is 1.81 bits per heavy atom. The standard InChI is InChI=1S/C22H17Cl3F4N2O4S/c1-11-16(25)9-30-19(21(32)18-15(24)4-3-5-17(18)26)20(11)31(10-35-2)36(33,34)12-6-7-14(23)13(8-12)22(27,28)29/h3-9,11,20H,10H2,1-2H3. The number of rotatable bonds is 7. The third kappa shape index (κ3) is 5.46. The predicted molar refractivity (Wildman–Crippen MR) is 127 cm³/mol. The lowest BCUT2D eigenvalue weighted by molar-refractivity contribution is -0.137. The molecule has 0 bridgehead atoms. The molecule has 0 saturated heterocycles. The molecule has 0 aromatic heterocycles. The van der Waals surface area contributed by atoms with Crippen LogP contribution in [-0.2, 0) is 20.9 Å². The first-order valence-corrected chi connectivity index (χ1v) is 12.6. The van der Waals surface area contributed by atoms with Crippen LogP contribution in [0.15, 0.2) is 57.5 Å². The summed E-state index contributed by atoms with van der Waals surface area (Å²) < 4.78 is 87.6. The Balaban J connectivity index is 2.19. The summed E-state index contributed by atoms with van der Waals surface area (Å²) in [6, 6.07) is 4.08. The predicted octanol–water partition coefficient (Wildman–Crippen LogP) is 6.17. The molecular weight excluding hydrogens is 571 g/mol. The molecular formula is C22H17Cl3F4N2O4S. The number of halogens is 7. The van der Waals surface area contributed by atoms with Gasteiger partial charge in [0.25, 0.3) is 0 Å². The van der Waals surface area contributed by atoms with Crippen molar-refractivity contribution in [3.8, 4) is 0 Å². The van der Waals surface area contributed by atoms with Gasteiger partial charge in [0, 0.05) is 24.3 Å². The highest BCUT2D eigenvalue weighted by Crippen LogP contribution is 2.38. The molecule has 14 heteroatoms. The van der Waals surface area contributed by atoms with E-state index < -0.39 is 73.2 Å².